The van der Waals surface area contributed by atoms with Gasteiger partial charge in [-0.3, -0.25) is 4.79 Å². The second-order valence-electron chi connectivity index (χ2n) is 6.08. The molecule has 0 atom stereocenters. The molecule has 21 heavy (non-hydrogen) atoms. The molecular formula is C17H25NO2S. The zero-order valence-electron chi connectivity index (χ0n) is 13.6. The second kappa shape index (κ2) is 8.21. The first-order valence-corrected chi connectivity index (χ1v) is 8.16. The van der Waals surface area contributed by atoms with E-state index >= 15 is 0 Å². The van der Waals surface area contributed by atoms with Crippen molar-refractivity contribution in [2.45, 2.75) is 34.6 Å². The molecule has 0 saturated carbocycles. The lowest BCUT2D eigenvalue weighted by Crippen LogP contribution is -2.36. The quantitative estimate of drug-likeness (QED) is 0.849. The van der Waals surface area contributed by atoms with Crippen LogP contribution >= 0.6 is 11.3 Å². The Hall–Kier alpha value is -1.31. The van der Waals surface area contributed by atoms with Gasteiger partial charge in [0.05, 0.1) is 9.75 Å². The van der Waals surface area contributed by atoms with Crippen molar-refractivity contribution in [2.24, 2.45) is 11.8 Å². The summed E-state index contributed by atoms with van der Waals surface area (Å²) >= 11 is 1.41. The summed E-state index contributed by atoms with van der Waals surface area (Å²) in [5.74, 6) is 6.53. The first-order valence-electron chi connectivity index (χ1n) is 7.34. The normalized spacial score (nSPS) is 10.7. The molecule has 1 aromatic rings. The van der Waals surface area contributed by atoms with Crippen molar-refractivity contribution in [1.29, 1.82) is 0 Å². The number of aliphatic hydroxyl groups excluding tert-OH is 1. The van der Waals surface area contributed by atoms with E-state index in [9.17, 15) is 4.79 Å². The average molecular weight is 307 g/mol. The van der Waals surface area contributed by atoms with E-state index in [0.29, 0.717) is 11.8 Å². The molecule has 0 aromatic carbocycles. The van der Waals surface area contributed by atoms with E-state index in [0.717, 1.165) is 28.4 Å². The number of hydrogen-bond donors (Lipinski definition) is 1. The van der Waals surface area contributed by atoms with Crippen LogP contribution in [0.2, 0.25) is 0 Å². The van der Waals surface area contributed by atoms with Crippen LogP contribution in [0.3, 0.4) is 0 Å². The monoisotopic (exact) mass is 307 g/mol. The summed E-state index contributed by atoms with van der Waals surface area (Å²) in [7, 11) is 0. The summed E-state index contributed by atoms with van der Waals surface area (Å²) in [6, 6.07) is 1.90. The third kappa shape index (κ3) is 5.53. The SMILES string of the molecule is Cc1cc(C(=O)N(CC(C)C)CC(C)C)sc1C#CCO. The van der Waals surface area contributed by atoms with Gasteiger partial charge in [0.1, 0.15) is 6.61 Å². The minimum atomic E-state index is -0.159. The van der Waals surface area contributed by atoms with E-state index < -0.39 is 0 Å². The number of amides is 1. The number of thiophene rings is 1. The predicted octanol–water partition coefficient (Wildman–Crippen LogP) is 3.15. The van der Waals surface area contributed by atoms with Crippen molar-refractivity contribution in [3.8, 4) is 11.8 Å². The van der Waals surface area contributed by atoms with Gasteiger partial charge in [0.25, 0.3) is 5.91 Å². The Balaban J connectivity index is 2.97. The lowest BCUT2D eigenvalue weighted by Gasteiger charge is -2.25. The number of carbonyl (C=O) groups excluding carboxylic acids is 1. The van der Waals surface area contributed by atoms with Crippen LogP contribution < -0.4 is 0 Å². The lowest BCUT2D eigenvalue weighted by atomic mass is 10.1. The molecule has 1 N–H and O–H groups in total. The first-order chi connectivity index (χ1) is 9.85. The molecular weight excluding hydrogens is 282 g/mol. The molecule has 4 heteroatoms. The van der Waals surface area contributed by atoms with Crippen LogP contribution in [0.25, 0.3) is 0 Å². The number of aryl methyl sites for hydroxylation is 1. The number of carbonyl (C=O) groups is 1. The Morgan fingerprint density at radius 3 is 2.33 bits per heavy atom. The van der Waals surface area contributed by atoms with Crippen molar-refractivity contribution in [1.82, 2.24) is 4.90 Å². The third-order valence-electron chi connectivity index (χ3n) is 2.87. The lowest BCUT2D eigenvalue weighted by molar-refractivity contribution is 0.0720. The third-order valence-corrected chi connectivity index (χ3v) is 4.01. The van der Waals surface area contributed by atoms with E-state index in [-0.39, 0.29) is 12.5 Å². The van der Waals surface area contributed by atoms with Gasteiger partial charge in [-0.25, -0.2) is 0 Å². The molecule has 0 radical (unpaired) electrons. The predicted molar refractivity (Wildman–Crippen MR) is 88.6 cm³/mol. The van der Waals surface area contributed by atoms with Crippen LogP contribution in [0.4, 0.5) is 0 Å². The fourth-order valence-corrected chi connectivity index (χ4v) is 3.12. The maximum absolute atomic E-state index is 12.7. The Bertz CT molecular complexity index is 525. The molecule has 116 valence electrons. The van der Waals surface area contributed by atoms with Crippen LogP contribution in [0.15, 0.2) is 6.07 Å². The molecule has 3 nitrogen and oxygen atoms in total. The first kappa shape index (κ1) is 17.7. The minimum Gasteiger partial charge on any atom is -0.384 e. The maximum atomic E-state index is 12.7. The Morgan fingerprint density at radius 1 is 1.29 bits per heavy atom. The molecule has 1 amide bonds. The Labute approximate surface area is 132 Å². The van der Waals surface area contributed by atoms with Gasteiger partial charge in [-0.15, -0.1) is 11.3 Å². The molecule has 1 rings (SSSR count). The zero-order valence-corrected chi connectivity index (χ0v) is 14.4. The van der Waals surface area contributed by atoms with Gasteiger partial charge in [-0.05, 0) is 30.4 Å². The number of nitrogens with zero attached hydrogens (tertiary/aromatic N) is 1. The number of hydrogen-bond acceptors (Lipinski definition) is 3. The van der Waals surface area contributed by atoms with Gasteiger partial charge in [0.2, 0.25) is 0 Å². The molecule has 1 aromatic heterocycles. The highest BCUT2D eigenvalue weighted by molar-refractivity contribution is 7.14. The van der Waals surface area contributed by atoms with Crippen LogP contribution in [-0.4, -0.2) is 35.6 Å². The highest BCUT2D eigenvalue weighted by Crippen LogP contribution is 2.23. The van der Waals surface area contributed by atoms with Crippen molar-refractivity contribution >= 4 is 17.2 Å². The standard InChI is InChI=1S/C17H25NO2S/c1-12(2)10-18(11-13(3)4)17(20)16-9-14(5)15(21-16)7-6-8-19/h9,12-13,19H,8,10-11H2,1-5H3. The maximum Gasteiger partial charge on any atom is 0.263 e. The van der Waals surface area contributed by atoms with Crippen molar-refractivity contribution < 1.29 is 9.90 Å². The summed E-state index contributed by atoms with van der Waals surface area (Å²) in [5.41, 5.74) is 0.998. The molecule has 1 heterocycles. The number of rotatable bonds is 5. The van der Waals surface area contributed by atoms with Crippen molar-refractivity contribution in [2.75, 3.05) is 19.7 Å². The van der Waals surface area contributed by atoms with Gasteiger partial charge in [0.15, 0.2) is 0 Å². The number of aliphatic hydroxyl groups is 1. The smallest absolute Gasteiger partial charge is 0.263 e. The summed E-state index contributed by atoms with van der Waals surface area (Å²) in [4.78, 5) is 16.2. The van der Waals surface area contributed by atoms with E-state index in [1.165, 1.54) is 11.3 Å². The van der Waals surface area contributed by atoms with Crippen LogP contribution in [0, 0.1) is 30.6 Å². The molecule has 0 aliphatic carbocycles. The van der Waals surface area contributed by atoms with E-state index in [4.69, 9.17) is 5.11 Å². The zero-order chi connectivity index (χ0) is 16.0. The average Bonchev–Trinajstić information content (AvgIpc) is 2.75. The summed E-state index contributed by atoms with van der Waals surface area (Å²) < 4.78 is 0. The second-order valence-corrected chi connectivity index (χ2v) is 7.13. The van der Waals surface area contributed by atoms with Crippen LogP contribution in [0.1, 0.15) is 47.8 Å². The van der Waals surface area contributed by atoms with Gasteiger partial charge >= 0.3 is 0 Å². The summed E-state index contributed by atoms with van der Waals surface area (Å²) in [6.07, 6.45) is 0. The Kier molecular flexibility index (Phi) is 6.94. The van der Waals surface area contributed by atoms with Gasteiger partial charge in [-0.1, -0.05) is 39.5 Å². The fourth-order valence-electron chi connectivity index (χ4n) is 2.11. The summed E-state index contributed by atoms with van der Waals surface area (Å²) in [5, 5.41) is 8.78. The van der Waals surface area contributed by atoms with Crippen molar-refractivity contribution in [3.63, 3.8) is 0 Å². The van der Waals surface area contributed by atoms with Crippen LogP contribution in [0.5, 0.6) is 0 Å². The van der Waals surface area contributed by atoms with E-state index in [1.54, 1.807) is 0 Å². The van der Waals surface area contributed by atoms with Gasteiger partial charge in [-0.2, -0.15) is 0 Å². The van der Waals surface area contributed by atoms with Gasteiger partial charge in [0, 0.05) is 13.1 Å². The molecule has 0 bridgehead atoms. The Morgan fingerprint density at radius 2 is 1.86 bits per heavy atom. The highest BCUT2D eigenvalue weighted by Gasteiger charge is 2.20. The molecule has 0 spiro atoms. The molecule has 0 aliphatic heterocycles. The van der Waals surface area contributed by atoms with Crippen molar-refractivity contribution in [3.05, 3.63) is 21.4 Å². The molecule has 0 aliphatic rings. The minimum absolute atomic E-state index is 0.0857. The molecule has 0 unspecified atom stereocenters. The molecule has 0 saturated heterocycles. The molecule has 0 fully saturated rings. The van der Waals surface area contributed by atoms with E-state index in [2.05, 4.69) is 39.5 Å². The highest BCUT2D eigenvalue weighted by atomic mass is 32.1. The van der Waals surface area contributed by atoms with Gasteiger partial charge < -0.3 is 10.0 Å². The van der Waals surface area contributed by atoms with Crippen LogP contribution in [-0.2, 0) is 0 Å². The van der Waals surface area contributed by atoms with E-state index in [1.807, 2.05) is 17.9 Å². The topological polar surface area (TPSA) is 40.5 Å². The largest absolute Gasteiger partial charge is 0.384 e. The fraction of sp³-hybridized carbons (Fsp3) is 0.588. The summed E-state index contributed by atoms with van der Waals surface area (Å²) in [6.45, 7) is 11.8.